The average molecular weight is 226 g/mol. The molecule has 0 spiro atoms. The van der Waals surface area contributed by atoms with Crippen LogP contribution in [0.1, 0.15) is 53.9 Å². The summed E-state index contributed by atoms with van der Waals surface area (Å²) in [5, 5.41) is 0. The molecule has 0 saturated heterocycles. The van der Waals surface area contributed by atoms with Crippen molar-refractivity contribution in [3.63, 3.8) is 0 Å². The molecule has 16 heavy (non-hydrogen) atoms. The lowest BCUT2D eigenvalue weighted by Gasteiger charge is -2.17. The van der Waals surface area contributed by atoms with Crippen molar-refractivity contribution >= 4 is 11.8 Å². The van der Waals surface area contributed by atoms with Gasteiger partial charge in [0.05, 0.1) is 0 Å². The molecule has 0 N–H and O–H groups in total. The van der Waals surface area contributed by atoms with Gasteiger partial charge in [0, 0.05) is 19.8 Å². The lowest BCUT2D eigenvalue weighted by atomic mass is 10.00. The number of allylic oxidation sites excluding steroid dienone is 1. The molecule has 0 bridgehead atoms. The summed E-state index contributed by atoms with van der Waals surface area (Å²) >= 11 is 0. The maximum absolute atomic E-state index is 11.0. The Morgan fingerprint density at radius 2 is 1.56 bits per heavy atom. The van der Waals surface area contributed by atoms with Gasteiger partial charge in [0.25, 0.3) is 0 Å². The van der Waals surface area contributed by atoms with Crippen LogP contribution in [-0.2, 0) is 14.3 Å². The summed E-state index contributed by atoms with van der Waals surface area (Å²) in [6.45, 7) is 9.06. The first-order valence-electron chi connectivity index (χ1n) is 5.68. The van der Waals surface area contributed by atoms with Gasteiger partial charge < -0.3 is 4.74 Å². The summed E-state index contributed by atoms with van der Waals surface area (Å²) in [6.07, 6.45) is 1.63. The maximum atomic E-state index is 11.0. The average Bonchev–Trinajstić information content (AvgIpc) is 2.14. The molecule has 0 fully saturated rings. The van der Waals surface area contributed by atoms with Crippen molar-refractivity contribution in [2.45, 2.75) is 60.0 Å². The van der Waals surface area contributed by atoms with Gasteiger partial charge in [-0.15, -0.1) is 0 Å². The first kappa shape index (κ1) is 14.9. The Morgan fingerprint density at radius 3 is 1.94 bits per heavy atom. The molecule has 0 saturated carbocycles. The standard InChI is InChI=1S/C13H22O3/c1-6-9(2)10(3)7-13(8-11(4)14)16-12(5)15/h13H,6-8H2,1-5H3/b10-9-. The molecule has 0 radical (unpaired) electrons. The molecule has 0 aliphatic carbocycles. The van der Waals surface area contributed by atoms with Gasteiger partial charge in [-0.05, 0) is 27.2 Å². The summed E-state index contributed by atoms with van der Waals surface area (Å²) < 4.78 is 5.13. The molecule has 3 heteroatoms. The first-order valence-corrected chi connectivity index (χ1v) is 5.68. The molecule has 92 valence electrons. The van der Waals surface area contributed by atoms with E-state index in [9.17, 15) is 9.59 Å². The van der Waals surface area contributed by atoms with Crippen molar-refractivity contribution < 1.29 is 14.3 Å². The zero-order valence-corrected chi connectivity index (χ0v) is 10.9. The van der Waals surface area contributed by atoms with E-state index in [4.69, 9.17) is 4.74 Å². The van der Waals surface area contributed by atoms with E-state index < -0.39 is 0 Å². The Balaban J connectivity index is 4.53. The molecule has 0 aliphatic heterocycles. The largest absolute Gasteiger partial charge is 0.462 e. The highest BCUT2D eigenvalue weighted by Gasteiger charge is 2.15. The van der Waals surface area contributed by atoms with E-state index in [1.54, 1.807) is 0 Å². The highest BCUT2D eigenvalue weighted by molar-refractivity contribution is 5.76. The molecule has 0 aliphatic rings. The van der Waals surface area contributed by atoms with Crippen LogP contribution in [0, 0.1) is 0 Å². The lowest BCUT2D eigenvalue weighted by molar-refractivity contribution is -0.147. The van der Waals surface area contributed by atoms with Crippen LogP contribution in [0.2, 0.25) is 0 Å². The van der Waals surface area contributed by atoms with Crippen LogP contribution >= 0.6 is 0 Å². The van der Waals surface area contributed by atoms with E-state index in [-0.39, 0.29) is 17.9 Å². The van der Waals surface area contributed by atoms with Crippen LogP contribution in [-0.4, -0.2) is 17.9 Å². The van der Waals surface area contributed by atoms with Crippen LogP contribution in [0.5, 0.6) is 0 Å². The number of ether oxygens (including phenoxy) is 1. The Kier molecular flexibility index (Phi) is 6.70. The zero-order valence-electron chi connectivity index (χ0n) is 10.9. The number of esters is 1. The lowest BCUT2D eigenvalue weighted by Crippen LogP contribution is -2.20. The fraction of sp³-hybridized carbons (Fsp3) is 0.692. The van der Waals surface area contributed by atoms with Gasteiger partial charge in [-0.1, -0.05) is 18.1 Å². The van der Waals surface area contributed by atoms with E-state index in [0.717, 1.165) is 6.42 Å². The van der Waals surface area contributed by atoms with E-state index in [1.165, 1.54) is 25.0 Å². The molecule has 1 atom stereocenters. The van der Waals surface area contributed by atoms with E-state index in [0.29, 0.717) is 12.8 Å². The normalized spacial score (nSPS) is 14.1. The Labute approximate surface area is 97.9 Å². The topological polar surface area (TPSA) is 43.4 Å². The SMILES string of the molecule is CC/C(C)=C(/C)CC(CC(C)=O)OC(C)=O. The van der Waals surface area contributed by atoms with Crippen molar-refractivity contribution in [1.82, 2.24) is 0 Å². The highest BCUT2D eigenvalue weighted by Crippen LogP contribution is 2.17. The summed E-state index contributed by atoms with van der Waals surface area (Å²) in [7, 11) is 0. The van der Waals surface area contributed by atoms with Crippen LogP contribution in [0.3, 0.4) is 0 Å². The van der Waals surface area contributed by atoms with Gasteiger partial charge in [-0.3, -0.25) is 9.59 Å². The van der Waals surface area contributed by atoms with Gasteiger partial charge in [0.1, 0.15) is 11.9 Å². The van der Waals surface area contributed by atoms with Crippen molar-refractivity contribution in [2.75, 3.05) is 0 Å². The predicted molar refractivity (Wildman–Crippen MR) is 64.1 cm³/mol. The predicted octanol–water partition coefficient (Wildman–Crippen LogP) is 3.03. The Morgan fingerprint density at radius 1 is 1.00 bits per heavy atom. The van der Waals surface area contributed by atoms with Gasteiger partial charge in [-0.25, -0.2) is 0 Å². The minimum Gasteiger partial charge on any atom is -0.462 e. The molecule has 0 aromatic heterocycles. The molecule has 0 aromatic rings. The summed E-state index contributed by atoms with van der Waals surface area (Å²) in [5.74, 6) is -0.276. The maximum Gasteiger partial charge on any atom is 0.302 e. The van der Waals surface area contributed by atoms with Gasteiger partial charge in [-0.2, -0.15) is 0 Å². The number of carbonyl (C=O) groups is 2. The zero-order chi connectivity index (χ0) is 12.7. The number of carbonyl (C=O) groups excluding carboxylic acids is 2. The number of rotatable bonds is 6. The quantitative estimate of drug-likeness (QED) is 0.516. The second kappa shape index (κ2) is 7.20. The van der Waals surface area contributed by atoms with Crippen LogP contribution in [0.25, 0.3) is 0 Å². The van der Waals surface area contributed by atoms with Crippen molar-refractivity contribution in [2.24, 2.45) is 0 Å². The van der Waals surface area contributed by atoms with Gasteiger partial charge in [0.2, 0.25) is 0 Å². The summed E-state index contributed by atoms with van der Waals surface area (Å²) in [4.78, 5) is 22.0. The third kappa shape index (κ3) is 6.38. The van der Waals surface area contributed by atoms with Crippen molar-refractivity contribution in [3.8, 4) is 0 Å². The molecular formula is C13H22O3. The summed E-state index contributed by atoms with van der Waals surface area (Å²) in [5.41, 5.74) is 2.50. The highest BCUT2D eigenvalue weighted by atomic mass is 16.5. The first-order chi connectivity index (χ1) is 7.36. The second-order valence-electron chi connectivity index (χ2n) is 4.26. The number of hydrogen-bond acceptors (Lipinski definition) is 3. The molecule has 0 aromatic carbocycles. The third-order valence-corrected chi connectivity index (χ3v) is 2.64. The number of ketones is 1. The molecule has 0 rings (SSSR count). The molecule has 1 unspecified atom stereocenters. The Hall–Kier alpha value is -1.12. The number of hydrogen-bond donors (Lipinski definition) is 0. The van der Waals surface area contributed by atoms with E-state index in [1.807, 2.05) is 6.92 Å². The molecule has 0 amide bonds. The fourth-order valence-electron chi connectivity index (χ4n) is 1.53. The smallest absolute Gasteiger partial charge is 0.302 e. The fourth-order valence-corrected chi connectivity index (χ4v) is 1.53. The second-order valence-corrected chi connectivity index (χ2v) is 4.26. The molecule has 0 heterocycles. The monoisotopic (exact) mass is 226 g/mol. The summed E-state index contributed by atoms with van der Waals surface area (Å²) in [6, 6.07) is 0. The van der Waals surface area contributed by atoms with Crippen molar-refractivity contribution in [1.29, 1.82) is 0 Å². The van der Waals surface area contributed by atoms with Crippen LogP contribution < -0.4 is 0 Å². The molecule has 3 nitrogen and oxygen atoms in total. The minimum absolute atomic E-state index is 0.0493. The van der Waals surface area contributed by atoms with Crippen LogP contribution in [0.4, 0.5) is 0 Å². The number of Topliss-reactive ketones (excluding diaryl/α,β-unsaturated/α-hetero) is 1. The third-order valence-electron chi connectivity index (χ3n) is 2.64. The van der Waals surface area contributed by atoms with E-state index >= 15 is 0 Å². The van der Waals surface area contributed by atoms with Crippen LogP contribution in [0.15, 0.2) is 11.1 Å². The van der Waals surface area contributed by atoms with Gasteiger partial charge >= 0.3 is 5.97 Å². The van der Waals surface area contributed by atoms with Gasteiger partial charge in [0.15, 0.2) is 0 Å². The Bertz CT molecular complexity index is 274. The minimum atomic E-state index is -0.326. The van der Waals surface area contributed by atoms with E-state index in [2.05, 4.69) is 13.8 Å². The molecular weight excluding hydrogens is 204 g/mol. The van der Waals surface area contributed by atoms with Crippen molar-refractivity contribution in [3.05, 3.63) is 11.1 Å².